The van der Waals surface area contributed by atoms with Crippen molar-refractivity contribution in [2.45, 2.75) is 46.5 Å². The zero-order chi connectivity index (χ0) is 10.3. The van der Waals surface area contributed by atoms with Crippen LogP contribution in [0.25, 0.3) is 0 Å². The van der Waals surface area contributed by atoms with E-state index in [0.717, 1.165) is 19.3 Å². The van der Waals surface area contributed by atoms with Gasteiger partial charge in [0.25, 0.3) is 0 Å². The lowest BCUT2D eigenvalue weighted by Gasteiger charge is -2.12. The van der Waals surface area contributed by atoms with E-state index in [0.29, 0.717) is 30.6 Å². The van der Waals surface area contributed by atoms with Crippen molar-refractivity contribution in [3.8, 4) is 0 Å². The maximum Gasteiger partial charge on any atom is 0.133 e. The summed E-state index contributed by atoms with van der Waals surface area (Å²) >= 11 is 0. The number of hydrogen-bond acceptors (Lipinski definition) is 2. The monoisotopic (exact) mass is 185 g/mol. The quantitative estimate of drug-likeness (QED) is 0.661. The van der Waals surface area contributed by atoms with Gasteiger partial charge in [-0.25, -0.2) is 0 Å². The lowest BCUT2D eigenvalue weighted by atomic mass is 9.94. The molecule has 2 N–H and O–H groups in total. The molecule has 2 unspecified atom stereocenters. The summed E-state index contributed by atoms with van der Waals surface area (Å²) in [7, 11) is 0. The number of carbonyl (C=O) groups excluding carboxylic acids is 1. The fourth-order valence-corrected chi connectivity index (χ4v) is 1.33. The van der Waals surface area contributed by atoms with Crippen molar-refractivity contribution in [3.63, 3.8) is 0 Å². The predicted octanol–water partition coefficient (Wildman–Crippen LogP) is 2.37. The van der Waals surface area contributed by atoms with Crippen molar-refractivity contribution in [3.05, 3.63) is 0 Å². The van der Waals surface area contributed by atoms with Crippen molar-refractivity contribution >= 4 is 5.78 Å². The molecule has 0 aromatic rings. The molecule has 0 bridgehead atoms. The van der Waals surface area contributed by atoms with Gasteiger partial charge in [0.05, 0.1) is 0 Å². The molecular formula is C11H23NO. The number of rotatable bonds is 7. The number of Topliss-reactive ketones (excluding diaryl/α,β-unsaturated/α-hetero) is 1. The number of nitrogens with two attached hydrogens (primary N) is 1. The van der Waals surface area contributed by atoms with E-state index in [2.05, 4.69) is 20.8 Å². The Labute approximate surface area is 81.9 Å². The predicted molar refractivity (Wildman–Crippen MR) is 56.5 cm³/mol. The molecule has 2 heteroatoms. The molecule has 0 aliphatic rings. The van der Waals surface area contributed by atoms with Gasteiger partial charge in [0.15, 0.2) is 0 Å². The van der Waals surface area contributed by atoms with Crippen molar-refractivity contribution in [2.75, 3.05) is 6.54 Å². The molecule has 0 aliphatic heterocycles. The number of carbonyl (C=O) groups is 1. The summed E-state index contributed by atoms with van der Waals surface area (Å²) in [5, 5.41) is 0. The van der Waals surface area contributed by atoms with Crippen LogP contribution in [0.3, 0.4) is 0 Å². The second-order valence-corrected chi connectivity index (χ2v) is 3.97. The van der Waals surface area contributed by atoms with Gasteiger partial charge in [-0.1, -0.05) is 33.6 Å². The van der Waals surface area contributed by atoms with Crippen LogP contribution in [0.1, 0.15) is 46.5 Å². The fourth-order valence-electron chi connectivity index (χ4n) is 1.33. The maximum absolute atomic E-state index is 11.5. The minimum atomic E-state index is 0.381. The second-order valence-electron chi connectivity index (χ2n) is 3.97. The molecule has 0 amide bonds. The molecule has 0 fully saturated rings. The van der Waals surface area contributed by atoms with E-state index < -0.39 is 0 Å². The Hall–Kier alpha value is -0.370. The molecule has 78 valence electrons. The van der Waals surface area contributed by atoms with Gasteiger partial charge in [0, 0.05) is 12.8 Å². The molecule has 0 heterocycles. The van der Waals surface area contributed by atoms with Gasteiger partial charge in [-0.05, 0) is 18.4 Å². The van der Waals surface area contributed by atoms with E-state index in [1.54, 1.807) is 0 Å². The van der Waals surface area contributed by atoms with E-state index in [1.807, 2.05) is 0 Å². The molecule has 0 saturated heterocycles. The zero-order valence-electron chi connectivity index (χ0n) is 9.18. The lowest BCUT2D eigenvalue weighted by Crippen LogP contribution is -2.18. The van der Waals surface area contributed by atoms with Crippen LogP contribution in [0.2, 0.25) is 0 Å². The minimum absolute atomic E-state index is 0.381. The van der Waals surface area contributed by atoms with Crippen molar-refractivity contribution < 1.29 is 4.79 Å². The Balaban J connectivity index is 3.72. The van der Waals surface area contributed by atoms with Gasteiger partial charge in [0.2, 0.25) is 0 Å². The molecule has 0 spiro atoms. The highest BCUT2D eigenvalue weighted by Crippen LogP contribution is 2.13. The second kappa shape index (κ2) is 7.07. The largest absolute Gasteiger partial charge is 0.330 e. The van der Waals surface area contributed by atoms with Crippen LogP contribution < -0.4 is 5.73 Å². The highest BCUT2D eigenvalue weighted by molar-refractivity contribution is 5.78. The molecule has 2 atom stereocenters. The van der Waals surface area contributed by atoms with E-state index in [-0.39, 0.29) is 0 Å². The molecule has 0 aromatic carbocycles. The summed E-state index contributed by atoms with van der Waals surface area (Å²) < 4.78 is 0. The summed E-state index contributed by atoms with van der Waals surface area (Å²) in [6.07, 6.45) is 3.51. The van der Waals surface area contributed by atoms with E-state index in [1.165, 1.54) is 0 Å². The highest BCUT2D eigenvalue weighted by Gasteiger charge is 2.12. The first-order valence-electron chi connectivity index (χ1n) is 5.35. The van der Waals surface area contributed by atoms with Crippen LogP contribution in [0.4, 0.5) is 0 Å². The van der Waals surface area contributed by atoms with Crippen LogP contribution in [-0.2, 0) is 4.79 Å². The van der Waals surface area contributed by atoms with Crippen LogP contribution in [0.5, 0.6) is 0 Å². The van der Waals surface area contributed by atoms with Gasteiger partial charge in [-0.15, -0.1) is 0 Å². The van der Waals surface area contributed by atoms with Crippen LogP contribution in [-0.4, -0.2) is 12.3 Å². The average Bonchev–Trinajstić information content (AvgIpc) is 2.13. The number of hydrogen-bond donors (Lipinski definition) is 1. The summed E-state index contributed by atoms with van der Waals surface area (Å²) in [5.74, 6) is 1.31. The third-order valence-corrected chi connectivity index (χ3v) is 2.70. The standard InChI is InChI=1S/C11H23NO/c1-4-9(3)6-11(13)7-10(5-2)8-12/h9-10H,4-8,12H2,1-3H3. The molecule has 0 saturated carbocycles. The van der Waals surface area contributed by atoms with Gasteiger partial charge < -0.3 is 5.73 Å². The van der Waals surface area contributed by atoms with Gasteiger partial charge in [0.1, 0.15) is 5.78 Å². The van der Waals surface area contributed by atoms with E-state index in [4.69, 9.17) is 5.73 Å². The van der Waals surface area contributed by atoms with Gasteiger partial charge in [-0.3, -0.25) is 4.79 Å². The van der Waals surface area contributed by atoms with Crippen LogP contribution in [0, 0.1) is 11.8 Å². The first kappa shape index (κ1) is 12.6. The van der Waals surface area contributed by atoms with Crippen molar-refractivity contribution in [1.29, 1.82) is 0 Å². The zero-order valence-corrected chi connectivity index (χ0v) is 9.18. The highest BCUT2D eigenvalue weighted by atomic mass is 16.1. The summed E-state index contributed by atoms with van der Waals surface area (Å²) in [6, 6.07) is 0. The average molecular weight is 185 g/mol. The Morgan fingerprint density at radius 1 is 1.23 bits per heavy atom. The van der Waals surface area contributed by atoms with Crippen molar-refractivity contribution in [2.24, 2.45) is 17.6 Å². The summed E-state index contributed by atoms with van der Waals surface area (Å²) in [6.45, 7) is 6.98. The van der Waals surface area contributed by atoms with E-state index in [9.17, 15) is 4.79 Å². The Kier molecular flexibility index (Phi) is 6.87. The summed E-state index contributed by atoms with van der Waals surface area (Å²) in [5.41, 5.74) is 5.54. The fraction of sp³-hybridized carbons (Fsp3) is 0.909. The molecule has 0 aliphatic carbocycles. The molecule has 0 rings (SSSR count). The first-order chi connectivity index (χ1) is 6.13. The Morgan fingerprint density at radius 3 is 2.23 bits per heavy atom. The smallest absolute Gasteiger partial charge is 0.133 e. The molecule has 13 heavy (non-hydrogen) atoms. The molecular weight excluding hydrogens is 162 g/mol. The van der Waals surface area contributed by atoms with Crippen LogP contribution >= 0.6 is 0 Å². The molecule has 0 radical (unpaired) electrons. The SMILES string of the molecule is CCC(C)CC(=O)CC(CC)CN. The van der Waals surface area contributed by atoms with Gasteiger partial charge in [-0.2, -0.15) is 0 Å². The van der Waals surface area contributed by atoms with Crippen molar-refractivity contribution in [1.82, 2.24) is 0 Å². The lowest BCUT2D eigenvalue weighted by molar-refractivity contribution is -0.120. The maximum atomic E-state index is 11.5. The minimum Gasteiger partial charge on any atom is -0.330 e. The third kappa shape index (κ3) is 5.81. The Morgan fingerprint density at radius 2 is 1.85 bits per heavy atom. The topological polar surface area (TPSA) is 43.1 Å². The molecule has 2 nitrogen and oxygen atoms in total. The molecule has 0 aromatic heterocycles. The first-order valence-corrected chi connectivity index (χ1v) is 5.35. The normalized spacial score (nSPS) is 15.4. The van der Waals surface area contributed by atoms with E-state index >= 15 is 0 Å². The summed E-state index contributed by atoms with van der Waals surface area (Å²) in [4.78, 5) is 11.5. The van der Waals surface area contributed by atoms with Crippen LogP contribution in [0.15, 0.2) is 0 Å². The number of ketones is 1. The van der Waals surface area contributed by atoms with Gasteiger partial charge >= 0.3 is 0 Å². The third-order valence-electron chi connectivity index (χ3n) is 2.70. The Bertz CT molecular complexity index is 141.